The van der Waals surface area contributed by atoms with Crippen LogP contribution in [0.3, 0.4) is 0 Å². The van der Waals surface area contributed by atoms with Gasteiger partial charge in [0.2, 0.25) is 6.17 Å². The van der Waals surface area contributed by atoms with Gasteiger partial charge in [0.1, 0.15) is 5.60 Å². The maximum Gasteiger partial charge on any atom is 0.341 e. The summed E-state index contributed by atoms with van der Waals surface area (Å²) in [6.45, 7) is 1.13. The van der Waals surface area contributed by atoms with Gasteiger partial charge in [0, 0.05) is 10.0 Å². The first-order chi connectivity index (χ1) is 6.87. The number of hydrogen-bond acceptors (Lipinski definition) is 2. The zero-order valence-electron chi connectivity index (χ0n) is 7.95. The standard InChI is InChI=1S/C10H10BrFO3/c1-10(15,8(12)9(13)14)6-4-2-3-5-7(6)11/h2-5,8,15H,1H3,(H,13,14). The van der Waals surface area contributed by atoms with Crippen LogP contribution >= 0.6 is 15.9 Å². The van der Waals surface area contributed by atoms with Gasteiger partial charge in [0.15, 0.2) is 0 Å². The van der Waals surface area contributed by atoms with Gasteiger partial charge < -0.3 is 10.2 Å². The van der Waals surface area contributed by atoms with Crippen molar-refractivity contribution in [3.63, 3.8) is 0 Å². The minimum Gasteiger partial charge on any atom is -0.479 e. The third kappa shape index (κ3) is 2.35. The van der Waals surface area contributed by atoms with Crippen molar-refractivity contribution in [3.05, 3.63) is 34.3 Å². The molecule has 0 aliphatic rings. The van der Waals surface area contributed by atoms with Crippen molar-refractivity contribution in [1.29, 1.82) is 0 Å². The van der Waals surface area contributed by atoms with Gasteiger partial charge in [-0.15, -0.1) is 0 Å². The molecule has 0 saturated heterocycles. The van der Waals surface area contributed by atoms with Crippen LogP contribution in [-0.4, -0.2) is 22.4 Å². The lowest BCUT2D eigenvalue weighted by atomic mass is 9.91. The summed E-state index contributed by atoms with van der Waals surface area (Å²) >= 11 is 3.13. The molecule has 0 bridgehead atoms. The summed E-state index contributed by atoms with van der Waals surface area (Å²) in [6, 6.07) is 6.37. The Bertz CT molecular complexity index is 379. The number of carboxylic acids is 1. The molecule has 1 aromatic rings. The van der Waals surface area contributed by atoms with E-state index in [0.29, 0.717) is 4.47 Å². The van der Waals surface area contributed by atoms with E-state index < -0.39 is 17.7 Å². The van der Waals surface area contributed by atoms with Crippen molar-refractivity contribution < 1.29 is 19.4 Å². The van der Waals surface area contributed by atoms with Gasteiger partial charge in [0.05, 0.1) is 0 Å². The number of carboxylic acid groups (broad SMARTS) is 1. The van der Waals surface area contributed by atoms with Gasteiger partial charge in [-0.1, -0.05) is 34.1 Å². The summed E-state index contributed by atoms with van der Waals surface area (Å²) in [4.78, 5) is 10.5. The van der Waals surface area contributed by atoms with Crippen molar-refractivity contribution in [2.24, 2.45) is 0 Å². The van der Waals surface area contributed by atoms with Gasteiger partial charge in [-0.3, -0.25) is 0 Å². The molecule has 2 unspecified atom stereocenters. The zero-order valence-corrected chi connectivity index (χ0v) is 9.53. The predicted molar refractivity (Wildman–Crippen MR) is 56.2 cm³/mol. The van der Waals surface area contributed by atoms with Gasteiger partial charge >= 0.3 is 5.97 Å². The Morgan fingerprint density at radius 1 is 1.53 bits per heavy atom. The molecule has 0 spiro atoms. The molecule has 82 valence electrons. The van der Waals surface area contributed by atoms with Crippen molar-refractivity contribution in [1.82, 2.24) is 0 Å². The first-order valence-corrected chi connectivity index (χ1v) is 5.01. The number of carbonyl (C=O) groups is 1. The van der Waals surface area contributed by atoms with Gasteiger partial charge in [-0.25, -0.2) is 9.18 Å². The maximum atomic E-state index is 13.3. The Labute approximate surface area is 94.7 Å². The van der Waals surface area contributed by atoms with Crippen molar-refractivity contribution in [2.75, 3.05) is 0 Å². The second-order valence-electron chi connectivity index (χ2n) is 3.33. The zero-order chi connectivity index (χ0) is 11.6. The van der Waals surface area contributed by atoms with Crippen LogP contribution in [0.25, 0.3) is 0 Å². The first kappa shape index (κ1) is 12.1. The van der Waals surface area contributed by atoms with Crippen LogP contribution in [0.2, 0.25) is 0 Å². The highest BCUT2D eigenvalue weighted by Crippen LogP contribution is 2.32. The minimum atomic E-state index is -2.36. The molecule has 0 saturated carbocycles. The second-order valence-corrected chi connectivity index (χ2v) is 4.18. The van der Waals surface area contributed by atoms with Crippen LogP contribution in [0.15, 0.2) is 28.7 Å². The fourth-order valence-corrected chi connectivity index (χ4v) is 1.93. The number of hydrogen-bond donors (Lipinski definition) is 2. The number of alkyl halides is 1. The molecule has 0 fully saturated rings. The van der Waals surface area contributed by atoms with E-state index in [0.717, 1.165) is 6.92 Å². The summed E-state index contributed by atoms with van der Waals surface area (Å²) in [5, 5.41) is 18.3. The molecule has 2 N–H and O–H groups in total. The maximum absolute atomic E-state index is 13.3. The van der Waals surface area contributed by atoms with Gasteiger partial charge in [-0.2, -0.15) is 0 Å². The average Bonchev–Trinajstić information content (AvgIpc) is 2.16. The van der Waals surface area contributed by atoms with Crippen molar-refractivity contribution >= 4 is 21.9 Å². The molecule has 0 radical (unpaired) electrons. The molecular formula is C10H10BrFO3. The number of aliphatic hydroxyl groups is 1. The Hall–Kier alpha value is -0.940. The molecule has 3 nitrogen and oxygen atoms in total. The summed E-state index contributed by atoms with van der Waals surface area (Å²) in [5.74, 6) is -1.68. The fourth-order valence-electron chi connectivity index (χ4n) is 1.25. The van der Waals surface area contributed by atoms with Gasteiger partial charge in [0.25, 0.3) is 0 Å². The summed E-state index contributed by atoms with van der Waals surface area (Å²) in [7, 11) is 0. The molecule has 0 amide bonds. The van der Waals surface area contributed by atoms with E-state index in [-0.39, 0.29) is 5.56 Å². The molecular weight excluding hydrogens is 267 g/mol. The second kappa shape index (κ2) is 4.28. The van der Waals surface area contributed by atoms with Crippen LogP contribution in [0.4, 0.5) is 4.39 Å². The Morgan fingerprint density at radius 3 is 2.53 bits per heavy atom. The van der Waals surface area contributed by atoms with E-state index in [2.05, 4.69) is 15.9 Å². The molecule has 0 aromatic heterocycles. The molecule has 1 rings (SSSR count). The lowest BCUT2D eigenvalue weighted by molar-refractivity contribution is -0.153. The van der Waals surface area contributed by atoms with Crippen LogP contribution in [0, 0.1) is 0 Å². The topological polar surface area (TPSA) is 57.5 Å². The smallest absolute Gasteiger partial charge is 0.341 e. The quantitative estimate of drug-likeness (QED) is 0.889. The number of halogens is 2. The molecule has 0 heterocycles. The van der Waals surface area contributed by atoms with E-state index in [1.54, 1.807) is 18.2 Å². The third-order valence-electron chi connectivity index (χ3n) is 2.13. The highest BCUT2D eigenvalue weighted by Gasteiger charge is 2.40. The monoisotopic (exact) mass is 276 g/mol. The van der Waals surface area contributed by atoms with Crippen LogP contribution in [-0.2, 0) is 10.4 Å². The average molecular weight is 277 g/mol. The van der Waals surface area contributed by atoms with Crippen LogP contribution < -0.4 is 0 Å². The van der Waals surface area contributed by atoms with E-state index >= 15 is 0 Å². The Morgan fingerprint density at radius 2 is 2.07 bits per heavy atom. The van der Waals surface area contributed by atoms with E-state index in [4.69, 9.17) is 5.11 Å². The van der Waals surface area contributed by atoms with Crippen LogP contribution in [0.5, 0.6) is 0 Å². The molecule has 2 atom stereocenters. The normalized spacial score (nSPS) is 16.8. The molecule has 0 aliphatic carbocycles. The summed E-state index contributed by atoms with van der Waals surface area (Å²) in [5.41, 5.74) is -1.84. The minimum absolute atomic E-state index is 0.208. The molecule has 5 heteroatoms. The first-order valence-electron chi connectivity index (χ1n) is 4.21. The SMILES string of the molecule is CC(O)(c1ccccc1Br)C(F)C(=O)O. The molecule has 1 aromatic carbocycles. The fraction of sp³-hybridized carbons (Fsp3) is 0.300. The van der Waals surface area contributed by atoms with Gasteiger partial charge in [-0.05, 0) is 13.0 Å². The lowest BCUT2D eigenvalue weighted by Gasteiger charge is -2.26. The third-order valence-corrected chi connectivity index (χ3v) is 2.82. The molecule has 0 aliphatic heterocycles. The summed E-state index contributed by atoms with van der Waals surface area (Å²) < 4.78 is 13.8. The summed E-state index contributed by atoms with van der Waals surface area (Å²) in [6.07, 6.45) is -2.36. The van der Waals surface area contributed by atoms with Crippen molar-refractivity contribution in [3.8, 4) is 0 Å². The number of rotatable bonds is 3. The lowest BCUT2D eigenvalue weighted by Crippen LogP contribution is -2.39. The van der Waals surface area contributed by atoms with Crippen molar-refractivity contribution in [2.45, 2.75) is 18.7 Å². The highest BCUT2D eigenvalue weighted by atomic mass is 79.9. The van der Waals surface area contributed by atoms with E-state index in [1.165, 1.54) is 6.07 Å². The predicted octanol–water partition coefficient (Wildman–Crippen LogP) is 2.08. The Balaban J connectivity index is 3.16. The molecule has 15 heavy (non-hydrogen) atoms. The van der Waals surface area contributed by atoms with E-state index in [9.17, 15) is 14.3 Å². The Kier molecular flexibility index (Phi) is 3.46. The number of benzene rings is 1. The highest BCUT2D eigenvalue weighted by molar-refractivity contribution is 9.10. The largest absolute Gasteiger partial charge is 0.479 e. The van der Waals surface area contributed by atoms with Crippen LogP contribution in [0.1, 0.15) is 12.5 Å². The number of aliphatic carboxylic acids is 1. The van der Waals surface area contributed by atoms with E-state index in [1.807, 2.05) is 0 Å².